The molecule has 0 aliphatic carbocycles. The van der Waals surface area contributed by atoms with E-state index in [4.69, 9.17) is 18.9 Å². The molecule has 0 bridgehead atoms. The molecule has 0 saturated heterocycles. The maximum Gasteiger partial charge on any atom is 0.304 e. The molecule has 0 aromatic heterocycles. The number of methoxy groups -OCH3 is 1. The summed E-state index contributed by atoms with van der Waals surface area (Å²) < 4.78 is 22.7. The lowest BCUT2D eigenvalue weighted by atomic mass is 10.2. The number of nitrogens with zero attached hydrogens (tertiary/aromatic N) is 1. The van der Waals surface area contributed by atoms with Crippen LogP contribution >= 0.6 is 0 Å². The Labute approximate surface area is 117 Å². The first-order valence-electron chi connectivity index (χ1n) is 6.67. The van der Waals surface area contributed by atoms with Crippen molar-refractivity contribution < 1.29 is 18.9 Å². The van der Waals surface area contributed by atoms with E-state index in [0.29, 0.717) is 24.8 Å². The second-order valence-corrected chi connectivity index (χ2v) is 4.59. The molecule has 1 unspecified atom stereocenters. The Balaban J connectivity index is 1.84. The third-order valence-electron chi connectivity index (χ3n) is 3.20. The molecular weight excluding hydrogens is 260 g/mol. The van der Waals surface area contributed by atoms with E-state index >= 15 is 0 Å². The zero-order valence-corrected chi connectivity index (χ0v) is 11.4. The maximum atomic E-state index is 6.05. The molecule has 0 fully saturated rings. The topological polar surface area (TPSA) is 61.3 Å². The first-order chi connectivity index (χ1) is 9.84. The molecular formula is C14H18N2O4. The van der Waals surface area contributed by atoms with E-state index < -0.39 is 5.79 Å². The monoisotopic (exact) mass is 278 g/mol. The minimum absolute atomic E-state index is 0.263. The number of hydrogen-bond donors (Lipinski definition) is 1. The summed E-state index contributed by atoms with van der Waals surface area (Å²) in [6, 6.07) is 7.54. The number of nitrogens with one attached hydrogen (secondary N) is 1. The van der Waals surface area contributed by atoms with Crippen LogP contribution in [0, 0.1) is 0 Å². The number of fused-ring (bicyclic) bond motifs is 1. The summed E-state index contributed by atoms with van der Waals surface area (Å²) in [6.45, 7) is 2.66. The average molecular weight is 278 g/mol. The highest BCUT2D eigenvalue weighted by Gasteiger charge is 2.45. The van der Waals surface area contributed by atoms with Gasteiger partial charge in [0.15, 0.2) is 23.9 Å². The molecule has 108 valence electrons. The number of amidine groups is 1. The quantitative estimate of drug-likeness (QED) is 0.808. The highest BCUT2D eigenvalue weighted by Crippen LogP contribution is 2.36. The first kappa shape index (κ1) is 13.2. The van der Waals surface area contributed by atoms with Crippen LogP contribution in [0.25, 0.3) is 0 Å². The summed E-state index contributed by atoms with van der Waals surface area (Å²) >= 11 is 0. The van der Waals surface area contributed by atoms with Crippen molar-refractivity contribution in [1.82, 2.24) is 5.32 Å². The van der Waals surface area contributed by atoms with Gasteiger partial charge in [-0.25, -0.2) is 0 Å². The normalized spacial score (nSPS) is 24.1. The molecule has 1 N–H and O–H groups in total. The highest BCUT2D eigenvalue weighted by molar-refractivity contribution is 5.91. The Hall–Kier alpha value is -1.79. The van der Waals surface area contributed by atoms with Gasteiger partial charge in [0.25, 0.3) is 0 Å². The number of para-hydroxylation sites is 2. The molecule has 3 rings (SSSR count). The molecule has 0 amide bonds. The van der Waals surface area contributed by atoms with Crippen molar-refractivity contribution in [2.24, 2.45) is 4.99 Å². The molecule has 1 atom stereocenters. The standard InChI is InChI=1S/C14H18N2O4/c1-17-8-9-19-14(13-15-6-7-16-13)10-18-11-4-2-3-5-12(11)20-14/h2-5H,6-10H2,1H3,(H,15,16). The first-order valence-corrected chi connectivity index (χ1v) is 6.67. The zero-order valence-electron chi connectivity index (χ0n) is 11.4. The molecule has 1 aromatic rings. The Morgan fingerprint density at radius 2 is 2.15 bits per heavy atom. The van der Waals surface area contributed by atoms with E-state index in [-0.39, 0.29) is 6.61 Å². The van der Waals surface area contributed by atoms with Gasteiger partial charge >= 0.3 is 5.79 Å². The van der Waals surface area contributed by atoms with Crippen LogP contribution in [0.4, 0.5) is 0 Å². The average Bonchev–Trinajstić information content (AvgIpc) is 3.02. The van der Waals surface area contributed by atoms with Crippen LogP contribution in [0.2, 0.25) is 0 Å². The summed E-state index contributed by atoms with van der Waals surface area (Å²) in [4.78, 5) is 4.42. The van der Waals surface area contributed by atoms with Crippen LogP contribution < -0.4 is 14.8 Å². The molecule has 0 radical (unpaired) electrons. The van der Waals surface area contributed by atoms with Crippen LogP contribution in [-0.4, -0.2) is 51.6 Å². The molecule has 2 heterocycles. The Morgan fingerprint density at radius 1 is 1.30 bits per heavy atom. The van der Waals surface area contributed by atoms with E-state index in [9.17, 15) is 0 Å². The Morgan fingerprint density at radius 3 is 2.90 bits per heavy atom. The van der Waals surface area contributed by atoms with E-state index in [0.717, 1.165) is 18.8 Å². The molecule has 2 aliphatic heterocycles. The van der Waals surface area contributed by atoms with Crippen LogP contribution in [0.15, 0.2) is 29.3 Å². The zero-order chi connectivity index (χ0) is 13.8. The molecule has 6 heteroatoms. The van der Waals surface area contributed by atoms with Gasteiger partial charge in [-0.15, -0.1) is 0 Å². The summed E-state index contributed by atoms with van der Waals surface area (Å²) in [5, 5.41) is 3.20. The third kappa shape index (κ3) is 2.44. The largest absolute Gasteiger partial charge is 0.482 e. The van der Waals surface area contributed by atoms with Gasteiger partial charge in [-0.3, -0.25) is 4.99 Å². The van der Waals surface area contributed by atoms with Crippen LogP contribution in [-0.2, 0) is 9.47 Å². The SMILES string of the molecule is COCCOC1(C2=NCCN2)COc2ccccc2O1. The summed E-state index contributed by atoms with van der Waals surface area (Å²) in [6.07, 6.45) is 0. The molecule has 6 nitrogen and oxygen atoms in total. The van der Waals surface area contributed by atoms with E-state index in [1.807, 2.05) is 24.3 Å². The highest BCUT2D eigenvalue weighted by atomic mass is 16.7. The Bertz CT molecular complexity index is 506. The molecule has 0 saturated carbocycles. The Kier molecular flexibility index (Phi) is 3.75. The number of rotatable bonds is 5. The summed E-state index contributed by atoms with van der Waals surface area (Å²) in [7, 11) is 1.63. The van der Waals surface area contributed by atoms with Crippen molar-refractivity contribution >= 4 is 5.84 Å². The predicted molar refractivity (Wildman–Crippen MR) is 73.4 cm³/mol. The number of ether oxygens (including phenoxy) is 4. The van der Waals surface area contributed by atoms with Crippen molar-refractivity contribution in [3.8, 4) is 11.5 Å². The predicted octanol–water partition coefficient (Wildman–Crippen LogP) is 0.819. The van der Waals surface area contributed by atoms with Gasteiger partial charge < -0.3 is 24.3 Å². The van der Waals surface area contributed by atoms with Gasteiger partial charge in [0, 0.05) is 13.7 Å². The summed E-state index contributed by atoms with van der Waals surface area (Å²) in [5.74, 6) is 1.05. The fourth-order valence-electron chi connectivity index (χ4n) is 2.23. The lowest BCUT2D eigenvalue weighted by Crippen LogP contribution is -2.57. The van der Waals surface area contributed by atoms with Gasteiger partial charge in [-0.1, -0.05) is 12.1 Å². The van der Waals surface area contributed by atoms with Crippen molar-refractivity contribution in [2.75, 3.05) is 40.0 Å². The third-order valence-corrected chi connectivity index (χ3v) is 3.20. The molecule has 1 aromatic carbocycles. The van der Waals surface area contributed by atoms with Crippen molar-refractivity contribution in [3.63, 3.8) is 0 Å². The van der Waals surface area contributed by atoms with Gasteiger partial charge in [-0.2, -0.15) is 0 Å². The maximum absolute atomic E-state index is 6.05. The molecule has 20 heavy (non-hydrogen) atoms. The summed E-state index contributed by atoms with van der Waals surface area (Å²) in [5.41, 5.74) is 0. The van der Waals surface area contributed by atoms with Crippen molar-refractivity contribution in [3.05, 3.63) is 24.3 Å². The fourth-order valence-corrected chi connectivity index (χ4v) is 2.23. The molecule has 0 spiro atoms. The van der Waals surface area contributed by atoms with E-state index in [1.54, 1.807) is 7.11 Å². The van der Waals surface area contributed by atoms with Gasteiger partial charge in [-0.05, 0) is 12.1 Å². The minimum Gasteiger partial charge on any atom is -0.482 e. The van der Waals surface area contributed by atoms with E-state index in [2.05, 4.69) is 10.3 Å². The smallest absolute Gasteiger partial charge is 0.304 e. The number of aliphatic imine (C=N–C) groups is 1. The minimum atomic E-state index is -1.01. The number of hydrogen-bond acceptors (Lipinski definition) is 6. The van der Waals surface area contributed by atoms with Gasteiger partial charge in [0.05, 0.1) is 19.8 Å². The molecule has 2 aliphatic rings. The fraction of sp³-hybridized carbons (Fsp3) is 0.500. The lowest BCUT2D eigenvalue weighted by molar-refractivity contribution is -0.170. The van der Waals surface area contributed by atoms with Gasteiger partial charge in [0.2, 0.25) is 0 Å². The van der Waals surface area contributed by atoms with Crippen LogP contribution in [0.1, 0.15) is 0 Å². The van der Waals surface area contributed by atoms with Crippen LogP contribution in [0.5, 0.6) is 11.5 Å². The second kappa shape index (κ2) is 5.68. The van der Waals surface area contributed by atoms with Crippen molar-refractivity contribution in [1.29, 1.82) is 0 Å². The van der Waals surface area contributed by atoms with Crippen LogP contribution in [0.3, 0.4) is 0 Å². The number of benzene rings is 1. The van der Waals surface area contributed by atoms with E-state index in [1.165, 1.54) is 0 Å². The lowest BCUT2D eigenvalue weighted by Gasteiger charge is -2.37. The van der Waals surface area contributed by atoms with Crippen molar-refractivity contribution in [2.45, 2.75) is 5.79 Å². The van der Waals surface area contributed by atoms with Gasteiger partial charge in [0.1, 0.15) is 0 Å². The second-order valence-electron chi connectivity index (χ2n) is 4.59.